The third-order valence-electron chi connectivity index (χ3n) is 7.04. The summed E-state index contributed by atoms with van der Waals surface area (Å²) in [5.74, 6) is 1.40. The predicted octanol–water partition coefficient (Wildman–Crippen LogP) is 5.04. The lowest BCUT2D eigenvalue weighted by molar-refractivity contribution is -0.116. The van der Waals surface area contributed by atoms with Gasteiger partial charge in [-0.1, -0.05) is 31.9 Å². The number of hydrogen-bond acceptors (Lipinski definition) is 6. The van der Waals surface area contributed by atoms with Gasteiger partial charge in [0.2, 0.25) is 5.96 Å². The van der Waals surface area contributed by atoms with Gasteiger partial charge in [0.15, 0.2) is 11.4 Å². The first-order chi connectivity index (χ1) is 14.6. The highest BCUT2D eigenvalue weighted by Gasteiger charge is 2.45. The highest BCUT2D eigenvalue weighted by molar-refractivity contribution is 6.04. The third-order valence-corrected chi connectivity index (χ3v) is 7.04. The molecule has 0 saturated heterocycles. The summed E-state index contributed by atoms with van der Waals surface area (Å²) in [6.45, 7) is 2.24. The number of aromatic nitrogens is 1. The molecule has 1 aromatic heterocycles. The summed E-state index contributed by atoms with van der Waals surface area (Å²) < 4.78 is 6.04. The van der Waals surface area contributed by atoms with Crippen LogP contribution in [-0.2, 0) is 4.79 Å². The van der Waals surface area contributed by atoms with Crippen LogP contribution in [0, 0.1) is 0 Å². The molecule has 1 unspecified atom stereocenters. The Morgan fingerprint density at radius 3 is 2.93 bits per heavy atom. The average Bonchev–Trinajstić information content (AvgIpc) is 3.33. The van der Waals surface area contributed by atoms with Crippen LogP contribution in [0.25, 0.3) is 17.2 Å². The van der Waals surface area contributed by atoms with Gasteiger partial charge in [-0.05, 0) is 61.3 Å². The molecule has 2 aromatic rings. The third kappa shape index (κ3) is 2.73. The van der Waals surface area contributed by atoms with Gasteiger partial charge >= 0.3 is 6.01 Å². The van der Waals surface area contributed by atoms with Crippen LogP contribution in [0.4, 0.5) is 6.01 Å². The van der Waals surface area contributed by atoms with E-state index in [0.29, 0.717) is 24.3 Å². The molecule has 6 nitrogen and oxygen atoms in total. The van der Waals surface area contributed by atoms with E-state index in [-0.39, 0.29) is 11.3 Å². The standard InChI is InChI=1S/C24H26N4O2/c1-14-6-4-7-15-12-18-20(13-16(14)15)30-23(26-18)27-22-25-17-8-5-9-19(29)21(17)24(28-22)10-2-3-11-24/h4,7,12-14H,2-3,5-6,8-11H2,1H3,(H2,25,26,27,28). The molecule has 30 heavy (non-hydrogen) atoms. The fourth-order valence-corrected chi connectivity index (χ4v) is 5.59. The average molecular weight is 402 g/mol. The monoisotopic (exact) mass is 402 g/mol. The molecule has 2 heterocycles. The van der Waals surface area contributed by atoms with Gasteiger partial charge in [-0.25, -0.2) is 4.99 Å². The summed E-state index contributed by atoms with van der Waals surface area (Å²) >= 11 is 0. The van der Waals surface area contributed by atoms with E-state index in [1.807, 2.05) is 0 Å². The van der Waals surface area contributed by atoms with Crippen molar-refractivity contribution in [1.29, 1.82) is 0 Å². The molecule has 0 radical (unpaired) electrons. The lowest BCUT2D eigenvalue weighted by atomic mass is 9.78. The van der Waals surface area contributed by atoms with Crippen molar-refractivity contribution in [3.05, 3.63) is 40.6 Å². The largest absolute Gasteiger partial charge is 0.423 e. The van der Waals surface area contributed by atoms with Crippen molar-refractivity contribution >= 4 is 34.9 Å². The lowest BCUT2D eigenvalue weighted by Gasteiger charge is -2.37. The molecule has 1 spiro atoms. The number of ketones is 1. The van der Waals surface area contributed by atoms with E-state index in [0.717, 1.165) is 67.3 Å². The summed E-state index contributed by atoms with van der Waals surface area (Å²) in [6, 6.07) is 4.65. The molecule has 154 valence electrons. The number of Topliss-reactive ketones (excluding diaryl/α,β-unsaturated/α-hetero) is 1. The number of rotatable bonds is 1. The van der Waals surface area contributed by atoms with Gasteiger partial charge in [0, 0.05) is 17.7 Å². The van der Waals surface area contributed by atoms with E-state index in [1.165, 1.54) is 11.1 Å². The van der Waals surface area contributed by atoms with E-state index < -0.39 is 0 Å². The number of carbonyl (C=O) groups excluding carboxylic acids is 1. The molecule has 4 aliphatic rings. The maximum atomic E-state index is 12.7. The molecule has 1 atom stereocenters. The summed E-state index contributed by atoms with van der Waals surface area (Å²) in [5, 5.41) is 6.65. The highest BCUT2D eigenvalue weighted by atomic mass is 16.4. The van der Waals surface area contributed by atoms with Crippen LogP contribution in [0.2, 0.25) is 0 Å². The molecule has 1 aromatic carbocycles. The van der Waals surface area contributed by atoms with Crippen molar-refractivity contribution in [2.75, 3.05) is 5.32 Å². The number of nitrogens with one attached hydrogen (secondary N) is 2. The van der Waals surface area contributed by atoms with Crippen LogP contribution >= 0.6 is 0 Å². The number of allylic oxidation sites excluding steroid dienone is 2. The Morgan fingerprint density at radius 1 is 1.20 bits per heavy atom. The van der Waals surface area contributed by atoms with Gasteiger partial charge in [0.25, 0.3) is 0 Å². The summed E-state index contributed by atoms with van der Waals surface area (Å²) in [5.41, 5.74) is 5.76. The first-order valence-electron chi connectivity index (χ1n) is 11.1. The van der Waals surface area contributed by atoms with E-state index >= 15 is 0 Å². The molecule has 1 saturated carbocycles. The predicted molar refractivity (Wildman–Crippen MR) is 117 cm³/mol. The second-order valence-corrected chi connectivity index (χ2v) is 9.09. The molecule has 6 heteroatoms. The fraction of sp³-hybridized carbons (Fsp3) is 0.458. The van der Waals surface area contributed by atoms with Gasteiger partial charge in [-0.3, -0.25) is 10.1 Å². The number of oxazole rings is 1. The summed E-state index contributed by atoms with van der Waals surface area (Å²) in [6.07, 6.45) is 12.0. The van der Waals surface area contributed by atoms with Gasteiger partial charge in [-0.15, -0.1) is 0 Å². The normalized spacial score (nSPS) is 24.6. The minimum absolute atomic E-state index is 0.267. The first kappa shape index (κ1) is 17.9. The molecule has 6 rings (SSSR count). The van der Waals surface area contributed by atoms with Crippen molar-refractivity contribution in [3.8, 4) is 0 Å². The SMILES string of the molecule is CC1CC=Cc2cc3nc(NC4=NC5(CCCC5)C5=C(CCCC5=O)N4)oc3cc21. The minimum Gasteiger partial charge on any atom is -0.423 e. The Balaban J connectivity index is 1.35. The highest BCUT2D eigenvalue weighted by Crippen LogP contribution is 2.45. The van der Waals surface area contributed by atoms with E-state index in [2.05, 4.69) is 46.8 Å². The van der Waals surface area contributed by atoms with Crippen molar-refractivity contribution in [2.24, 2.45) is 4.99 Å². The molecule has 2 N–H and O–H groups in total. The maximum absolute atomic E-state index is 12.7. The second kappa shape index (κ2) is 6.56. The second-order valence-electron chi connectivity index (χ2n) is 9.09. The number of hydrogen-bond donors (Lipinski definition) is 2. The molecule has 1 aliphatic heterocycles. The fourth-order valence-electron chi connectivity index (χ4n) is 5.59. The van der Waals surface area contributed by atoms with Crippen molar-refractivity contribution in [1.82, 2.24) is 10.3 Å². The summed E-state index contributed by atoms with van der Waals surface area (Å²) in [4.78, 5) is 22.4. The number of nitrogens with zero attached hydrogens (tertiary/aromatic N) is 2. The summed E-state index contributed by atoms with van der Waals surface area (Å²) in [7, 11) is 0. The van der Waals surface area contributed by atoms with E-state index in [1.54, 1.807) is 0 Å². The van der Waals surface area contributed by atoms with Crippen LogP contribution in [-0.4, -0.2) is 22.3 Å². The number of aliphatic imine (C=N–C) groups is 1. The molecule has 0 bridgehead atoms. The smallest absolute Gasteiger partial charge is 0.302 e. The van der Waals surface area contributed by atoms with Gasteiger partial charge in [0.1, 0.15) is 5.52 Å². The Kier molecular flexibility index (Phi) is 3.92. The molecule has 0 amide bonds. The maximum Gasteiger partial charge on any atom is 0.302 e. The van der Waals surface area contributed by atoms with E-state index in [9.17, 15) is 4.79 Å². The lowest BCUT2D eigenvalue weighted by Crippen LogP contribution is -2.46. The zero-order valence-corrected chi connectivity index (χ0v) is 17.3. The van der Waals surface area contributed by atoms with Crippen LogP contribution in [0.15, 0.2) is 38.9 Å². The molecule has 3 aliphatic carbocycles. The Morgan fingerprint density at radius 2 is 2.07 bits per heavy atom. The quantitative estimate of drug-likeness (QED) is 0.699. The molecular weight excluding hydrogens is 376 g/mol. The Bertz CT molecular complexity index is 1150. The number of fused-ring (bicyclic) bond motifs is 3. The van der Waals surface area contributed by atoms with Crippen LogP contribution in [0.1, 0.15) is 75.3 Å². The first-order valence-corrected chi connectivity index (χ1v) is 11.1. The van der Waals surface area contributed by atoms with Crippen molar-refractivity contribution in [2.45, 2.75) is 69.7 Å². The topological polar surface area (TPSA) is 79.5 Å². The number of anilines is 1. The zero-order valence-electron chi connectivity index (χ0n) is 17.3. The van der Waals surface area contributed by atoms with Crippen molar-refractivity contribution < 1.29 is 9.21 Å². The van der Waals surface area contributed by atoms with Crippen LogP contribution in [0.3, 0.4) is 0 Å². The van der Waals surface area contributed by atoms with Gasteiger partial charge in [0.05, 0.1) is 5.54 Å². The van der Waals surface area contributed by atoms with Gasteiger partial charge in [-0.2, -0.15) is 4.98 Å². The number of guanidine groups is 1. The minimum atomic E-state index is -0.369. The number of carbonyl (C=O) groups is 1. The van der Waals surface area contributed by atoms with Gasteiger partial charge < -0.3 is 9.73 Å². The Hall–Kier alpha value is -2.89. The zero-order chi connectivity index (χ0) is 20.3. The molecular formula is C24H26N4O2. The van der Waals surface area contributed by atoms with E-state index in [4.69, 9.17) is 9.41 Å². The number of benzene rings is 1. The van der Waals surface area contributed by atoms with Crippen LogP contribution in [0.5, 0.6) is 0 Å². The van der Waals surface area contributed by atoms with Crippen molar-refractivity contribution in [3.63, 3.8) is 0 Å². The Labute approximate surface area is 175 Å². The van der Waals surface area contributed by atoms with Crippen LogP contribution < -0.4 is 10.6 Å². The molecule has 1 fully saturated rings.